The highest BCUT2D eigenvalue weighted by molar-refractivity contribution is 5.21. The molecule has 2 aromatic carbocycles. The zero-order valence-electron chi connectivity index (χ0n) is 10.1. The second-order valence-corrected chi connectivity index (χ2v) is 4.40. The normalized spacial score (nSPS) is 12.4. The van der Waals surface area contributed by atoms with Crippen molar-refractivity contribution in [2.24, 2.45) is 0 Å². The van der Waals surface area contributed by atoms with Crippen LogP contribution in [0, 0.1) is 17.5 Å². The molecule has 0 fully saturated rings. The van der Waals surface area contributed by atoms with Gasteiger partial charge in [-0.15, -0.1) is 0 Å². The van der Waals surface area contributed by atoms with Gasteiger partial charge < -0.3 is 5.11 Å². The molecule has 1 unspecified atom stereocenters. The van der Waals surface area contributed by atoms with Gasteiger partial charge in [0.05, 0.1) is 6.10 Å². The second kappa shape index (κ2) is 5.89. The van der Waals surface area contributed by atoms with Gasteiger partial charge in [0.2, 0.25) is 0 Å². The predicted octanol–water partition coefficient (Wildman–Crippen LogP) is 3.25. The maximum absolute atomic E-state index is 13.4. The molecule has 0 aliphatic rings. The van der Waals surface area contributed by atoms with Crippen molar-refractivity contribution in [3.8, 4) is 0 Å². The number of halogens is 3. The van der Waals surface area contributed by atoms with Gasteiger partial charge in [-0.25, -0.2) is 13.2 Å². The minimum absolute atomic E-state index is 0.0149. The average Bonchev–Trinajstić information content (AvgIpc) is 2.38. The van der Waals surface area contributed by atoms with Crippen LogP contribution in [0.2, 0.25) is 0 Å². The summed E-state index contributed by atoms with van der Waals surface area (Å²) in [7, 11) is 0. The fraction of sp³-hybridized carbons (Fsp3) is 0.200. The lowest BCUT2D eigenvalue weighted by atomic mass is 10.0. The highest BCUT2D eigenvalue weighted by Gasteiger charge is 2.13. The van der Waals surface area contributed by atoms with Gasteiger partial charge in [0.15, 0.2) is 11.6 Å². The number of hydrogen-bond acceptors (Lipinski definition) is 1. The first-order valence-electron chi connectivity index (χ1n) is 5.91. The first-order valence-corrected chi connectivity index (χ1v) is 5.91. The maximum Gasteiger partial charge on any atom is 0.162 e. The Morgan fingerprint density at radius 2 is 1.58 bits per heavy atom. The molecule has 0 aliphatic heterocycles. The van der Waals surface area contributed by atoms with Crippen molar-refractivity contribution in [3.05, 3.63) is 71.0 Å². The molecule has 0 amide bonds. The minimum Gasteiger partial charge on any atom is -0.392 e. The number of aliphatic hydroxyl groups excluding tert-OH is 1. The van der Waals surface area contributed by atoms with Crippen LogP contribution in [0.25, 0.3) is 0 Å². The topological polar surface area (TPSA) is 20.2 Å². The van der Waals surface area contributed by atoms with Gasteiger partial charge in [0.25, 0.3) is 0 Å². The molecule has 0 aliphatic carbocycles. The van der Waals surface area contributed by atoms with E-state index in [1.54, 1.807) is 12.1 Å². The van der Waals surface area contributed by atoms with Crippen molar-refractivity contribution < 1.29 is 18.3 Å². The molecule has 19 heavy (non-hydrogen) atoms. The summed E-state index contributed by atoms with van der Waals surface area (Å²) in [6, 6.07) is 9.58. The molecule has 2 rings (SSSR count). The molecule has 0 aromatic heterocycles. The van der Waals surface area contributed by atoms with Gasteiger partial charge in [-0.3, -0.25) is 0 Å². The molecule has 0 saturated carbocycles. The first kappa shape index (κ1) is 13.6. The monoisotopic (exact) mass is 266 g/mol. The van der Waals surface area contributed by atoms with E-state index in [-0.39, 0.29) is 24.2 Å². The van der Waals surface area contributed by atoms with E-state index in [1.807, 2.05) is 0 Å². The van der Waals surface area contributed by atoms with Crippen molar-refractivity contribution in [2.75, 3.05) is 0 Å². The molecule has 0 radical (unpaired) electrons. The summed E-state index contributed by atoms with van der Waals surface area (Å²) in [4.78, 5) is 0. The van der Waals surface area contributed by atoms with E-state index in [1.165, 1.54) is 24.3 Å². The third-order valence-corrected chi connectivity index (χ3v) is 2.87. The molecule has 1 N–H and O–H groups in total. The zero-order chi connectivity index (χ0) is 13.8. The van der Waals surface area contributed by atoms with E-state index < -0.39 is 17.7 Å². The van der Waals surface area contributed by atoms with Crippen LogP contribution >= 0.6 is 0 Å². The molecule has 4 heteroatoms. The summed E-state index contributed by atoms with van der Waals surface area (Å²) in [5, 5.41) is 9.86. The van der Waals surface area contributed by atoms with Gasteiger partial charge in [-0.1, -0.05) is 24.3 Å². The maximum atomic E-state index is 13.4. The first-order chi connectivity index (χ1) is 9.06. The lowest BCUT2D eigenvalue weighted by Crippen LogP contribution is -2.15. The van der Waals surface area contributed by atoms with Crippen LogP contribution in [-0.2, 0) is 12.8 Å². The van der Waals surface area contributed by atoms with Crippen LogP contribution < -0.4 is 0 Å². The van der Waals surface area contributed by atoms with Crippen molar-refractivity contribution in [1.82, 2.24) is 0 Å². The quantitative estimate of drug-likeness (QED) is 0.900. The van der Waals surface area contributed by atoms with E-state index >= 15 is 0 Å². The Morgan fingerprint density at radius 3 is 2.26 bits per heavy atom. The van der Waals surface area contributed by atoms with Gasteiger partial charge >= 0.3 is 0 Å². The minimum atomic E-state index is -0.930. The Hall–Kier alpha value is -1.81. The number of benzene rings is 2. The van der Waals surface area contributed by atoms with Crippen molar-refractivity contribution in [2.45, 2.75) is 18.9 Å². The van der Waals surface area contributed by atoms with Gasteiger partial charge in [0, 0.05) is 6.42 Å². The predicted molar refractivity (Wildman–Crippen MR) is 66.2 cm³/mol. The van der Waals surface area contributed by atoms with E-state index in [0.717, 1.165) is 11.6 Å². The van der Waals surface area contributed by atoms with E-state index in [2.05, 4.69) is 0 Å². The fourth-order valence-corrected chi connectivity index (χ4v) is 1.92. The van der Waals surface area contributed by atoms with E-state index in [9.17, 15) is 18.3 Å². The number of hydrogen-bond donors (Lipinski definition) is 1. The smallest absolute Gasteiger partial charge is 0.162 e. The molecular weight excluding hydrogens is 253 g/mol. The van der Waals surface area contributed by atoms with Crippen LogP contribution in [0.1, 0.15) is 11.1 Å². The van der Waals surface area contributed by atoms with Crippen LogP contribution in [0.15, 0.2) is 42.5 Å². The van der Waals surface area contributed by atoms with Gasteiger partial charge in [0.1, 0.15) is 5.82 Å². The Labute approximate surface area is 109 Å². The molecule has 0 saturated heterocycles. The molecule has 1 atom stereocenters. The van der Waals surface area contributed by atoms with Crippen LogP contribution in [0.4, 0.5) is 13.2 Å². The summed E-state index contributed by atoms with van der Waals surface area (Å²) in [5.41, 5.74) is 0.875. The SMILES string of the molecule is OC(Cc1ccc(F)cc1)Cc1cccc(F)c1F. The zero-order valence-corrected chi connectivity index (χ0v) is 10.1. The van der Waals surface area contributed by atoms with E-state index in [4.69, 9.17) is 0 Å². The van der Waals surface area contributed by atoms with Gasteiger partial charge in [-0.05, 0) is 35.7 Å². The Morgan fingerprint density at radius 1 is 0.895 bits per heavy atom. The second-order valence-electron chi connectivity index (χ2n) is 4.40. The van der Waals surface area contributed by atoms with Crippen LogP contribution in [0.5, 0.6) is 0 Å². The van der Waals surface area contributed by atoms with Crippen molar-refractivity contribution in [1.29, 1.82) is 0 Å². The molecule has 0 spiro atoms. The van der Waals surface area contributed by atoms with Crippen LogP contribution in [-0.4, -0.2) is 11.2 Å². The average molecular weight is 266 g/mol. The molecule has 2 aromatic rings. The summed E-state index contributed by atoms with van der Waals surface area (Å²) in [5.74, 6) is -2.21. The molecule has 100 valence electrons. The molecule has 1 nitrogen and oxygen atoms in total. The lowest BCUT2D eigenvalue weighted by Gasteiger charge is -2.11. The third-order valence-electron chi connectivity index (χ3n) is 2.87. The summed E-state index contributed by atoms with van der Waals surface area (Å²) in [6.45, 7) is 0. The number of rotatable bonds is 4. The fourth-order valence-electron chi connectivity index (χ4n) is 1.92. The lowest BCUT2D eigenvalue weighted by molar-refractivity contribution is 0.174. The van der Waals surface area contributed by atoms with E-state index in [0.29, 0.717) is 0 Å². The van der Waals surface area contributed by atoms with Crippen molar-refractivity contribution >= 4 is 0 Å². The number of aliphatic hydroxyl groups is 1. The third kappa shape index (κ3) is 3.58. The summed E-state index contributed by atoms with van der Waals surface area (Å²) in [6.07, 6.45) is -0.571. The van der Waals surface area contributed by atoms with Crippen molar-refractivity contribution in [3.63, 3.8) is 0 Å². The van der Waals surface area contributed by atoms with Gasteiger partial charge in [-0.2, -0.15) is 0 Å². The highest BCUT2D eigenvalue weighted by atomic mass is 19.2. The largest absolute Gasteiger partial charge is 0.392 e. The molecule has 0 heterocycles. The standard InChI is InChI=1S/C15H13F3O/c16-12-6-4-10(5-7-12)8-13(19)9-11-2-1-3-14(17)15(11)18/h1-7,13,19H,8-9H2. The Bertz CT molecular complexity index is 552. The Kier molecular flexibility index (Phi) is 4.22. The highest BCUT2D eigenvalue weighted by Crippen LogP contribution is 2.15. The summed E-state index contributed by atoms with van der Waals surface area (Å²) >= 11 is 0. The molecule has 0 bridgehead atoms. The summed E-state index contributed by atoms with van der Waals surface area (Å²) < 4.78 is 39.1. The molecular formula is C15H13F3O. The Balaban J connectivity index is 2.03. The van der Waals surface area contributed by atoms with Crippen LogP contribution in [0.3, 0.4) is 0 Å².